The van der Waals surface area contributed by atoms with E-state index in [9.17, 15) is 9.59 Å². The molecule has 0 bridgehead atoms. The number of carbonyl (C=O) groups is 2. The predicted molar refractivity (Wildman–Crippen MR) is 106 cm³/mol. The van der Waals surface area contributed by atoms with Crippen LogP contribution in [0.15, 0.2) is 55.0 Å². The van der Waals surface area contributed by atoms with Gasteiger partial charge in [0, 0.05) is 30.7 Å². The Bertz CT molecular complexity index is 1210. The van der Waals surface area contributed by atoms with Crippen molar-refractivity contribution in [3.63, 3.8) is 0 Å². The second-order valence-corrected chi connectivity index (χ2v) is 6.22. The Hall–Kier alpha value is -4.01. The zero-order valence-corrected chi connectivity index (χ0v) is 15.9. The van der Waals surface area contributed by atoms with Gasteiger partial charge in [0.1, 0.15) is 11.3 Å². The van der Waals surface area contributed by atoms with E-state index in [0.717, 1.165) is 11.3 Å². The second kappa shape index (κ2) is 7.55. The number of aromatic nitrogens is 5. The average Bonchev–Trinajstić information content (AvgIpc) is 3.34. The molecule has 0 radical (unpaired) electrons. The lowest BCUT2D eigenvalue weighted by atomic mass is 10.1. The third-order valence-electron chi connectivity index (χ3n) is 4.37. The summed E-state index contributed by atoms with van der Waals surface area (Å²) in [6, 6.07) is 10.8. The minimum atomic E-state index is -0.468. The molecule has 146 valence electrons. The highest BCUT2D eigenvalue weighted by atomic mass is 16.5. The molecule has 9 nitrogen and oxygen atoms in total. The fourth-order valence-electron chi connectivity index (χ4n) is 3.01. The fourth-order valence-corrected chi connectivity index (χ4v) is 3.01. The van der Waals surface area contributed by atoms with Gasteiger partial charge in [-0.25, -0.2) is 14.3 Å². The molecule has 0 atom stereocenters. The van der Waals surface area contributed by atoms with Gasteiger partial charge in [-0.3, -0.25) is 9.48 Å². The Morgan fingerprint density at radius 2 is 2.00 bits per heavy atom. The summed E-state index contributed by atoms with van der Waals surface area (Å²) in [5, 5.41) is 11.2. The molecule has 0 saturated heterocycles. The summed E-state index contributed by atoms with van der Waals surface area (Å²) in [6.45, 7) is 2.02. The number of ether oxygens (including phenoxy) is 1. The number of aryl methyl sites for hydroxylation is 1. The molecule has 9 heteroatoms. The number of rotatable bonds is 5. The first-order valence-electron chi connectivity index (χ1n) is 8.98. The molecule has 1 N–H and O–H groups in total. The van der Waals surface area contributed by atoms with Gasteiger partial charge in [-0.15, -0.1) is 0 Å². The number of anilines is 1. The topological polar surface area (TPSA) is 103 Å². The van der Waals surface area contributed by atoms with Gasteiger partial charge in [0.15, 0.2) is 5.65 Å². The van der Waals surface area contributed by atoms with E-state index in [0.29, 0.717) is 22.6 Å². The molecule has 3 heterocycles. The van der Waals surface area contributed by atoms with Gasteiger partial charge < -0.3 is 10.1 Å². The van der Waals surface area contributed by atoms with Crippen LogP contribution >= 0.6 is 0 Å². The van der Waals surface area contributed by atoms with Crippen LogP contribution in [0.1, 0.15) is 27.8 Å². The molecule has 1 amide bonds. The van der Waals surface area contributed by atoms with Crippen LogP contribution in [0.25, 0.3) is 16.9 Å². The third kappa shape index (κ3) is 3.45. The minimum absolute atomic E-state index is 0.259. The van der Waals surface area contributed by atoms with Crippen molar-refractivity contribution in [2.24, 2.45) is 7.05 Å². The molecule has 29 heavy (non-hydrogen) atoms. The van der Waals surface area contributed by atoms with Crippen LogP contribution in [0.3, 0.4) is 0 Å². The van der Waals surface area contributed by atoms with Crippen LogP contribution in [0.4, 0.5) is 5.69 Å². The first-order chi connectivity index (χ1) is 14.1. The lowest BCUT2D eigenvalue weighted by Gasteiger charge is -2.09. The number of fused-ring (bicyclic) bond motifs is 1. The number of amides is 1. The number of nitrogens with zero attached hydrogens (tertiary/aromatic N) is 5. The lowest BCUT2D eigenvalue weighted by molar-refractivity contribution is 0.0528. The first kappa shape index (κ1) is 18.4. The van der Waals surface area contributed by atoms with Crippen molar-refractivity contribution < 1.29 is 14.3 Å². The highest BCUT2D eigenvalue weighted by molar-refractivity contribution is 6.03. The van der Waals surface area contributed by atoms with E-state index < -0.39 is 5.97 Å². The van der Waals surface area contributed by atoms with Crippen molar-refractivity contribution in [3.8, 4) is 11.3 Å². The van der Waals surface area contributed by atoms with Crippen molar-refractivity contribution in [2.75, 3.05) is 11.9 Å². The number of carbonyl (C=O) groups excluding carboxylic acids is 2. The minimum Gasteiger partial charge on any atom is -0.462 e. The summed E-state index contributed by atoms with van der Waals surface area (Å²) in [7, 11) is 1.71. The highest BCUT2D eigenvalue weighted by Crippen LogP contribution is 2.24. The smallest absolute Gasteiger partial charge is 0.343 e. The van der Waals surface area contributed by atoms with E-state index in [2.05, 4.69) is 20.5 Å². The summed E-state index contributed by atoms with van der Waals surface area (Å²) in [4.78, 5) is 28.8. The van der Waals surface area contributed by atoms with Gasteiger partial charge >= 0.3 is 5.97 Å². The van der Waals surface area contributed by atoms with E-state index in [4.69, 9.17) is 4.74 Å². The molecule has 1 aromatic carbocycles. The standard InChI is InChI=1S/C20H18N6O3/c1-3-29-20(28)15-12-23-26-16(7-9-21-18(15)26)13-5-4-6-14(11-13)24-19(27)17-8-10-22-25(17)2/h4-12H,3H2,1-2H3,(H,24,27). The van der Waals surface area contributed by atoms with Crippen LogP contribution in [0.5, 0.6) is 0 Å². The lowest BCUT2D eigenvalue weighted by Crippen LogP contribution is -2.16. The van der Waals surface area contributed by atoms with Crippen LogP contribution in [0.2, 0.25) is 0 Å². The summed E-state index contributed by atoms with van der Waals surface area (Å²) in [5.41, 5.74) is 3.31. The summed E-state index contributed by atoms with van der Waals surface area (Å²) >= 11 is 0. The molecule has 4 rings (SSSR count). The molecule has 0 saturated carbocycles. The molecule has 3 aromatic heterocycles. The second-order valence-electron chi connectivity index (χ2n) is 6.22. The van der Waals surface area contributed by atoms with Crippen molar-refractivity contribution in [1.82, 2.24) is 24.4 Å². The summed E-state index contributed by atoms with van der Waals surface area (Å²) < 4.78 is 8.14. The van der Waals surface area contributed by atoms with E-state index in [1.807, 2.05) is 18.2 Å². The van der Waals surface area contributed by atoms with Gasteiger partial charge in [0.05, 0.1) is 18.5 Å². The molecule has 0 aliphatic carbocycles. The maximum atomic E-state index is 12.4. The van der Waals surface area contributed by atoms with Gasteiger partial charge in [-0.1, -0.05) is 12.1 Å². The Kier molecular flexibility index (Phi) is 4.78. The zero-order valence-electron chi connectivity index (χ0n) is 15.9. The molecular formula is C20H18N6O3. The Morgan fingerprint density at radius 3 is 2.76 bits per heavy atom. The maximum absolute atomic E-state index is 12.4. The molecule has 4 aromatic rings. The van der Waals surface area contributed by atoms with E-state index in [-0.39, 0.29) is 12.5 Å². The Morgan fingerprint density at radius 1 is 1.14 bits per heavy atom. The van der Waals surface area contributed by atoms with Crippen LogP contribution in [0, 0.1) is 0 Å². The quantitative estimate of drug-likeness (QED) is 0.525. The van der Waals surface area contributed by atoms with Crippen LogP contribution < -0.4 is 5.32 Å². The van der Waals surface area contributed by atoms with Crippen molar-refractivity contribution >= 4 is 23.2 Å². The van der Waals surface area contributed by atoms with E-state index in [1.165, 1.54) is 10.9 Å². The zero-order chi connectivity index (χ0) is 20.4. The number of esters is 1. The largest absolute Gasteiger partial charge is 0.462 e. The number of nitrogens with one attached hydrogen (secondary N) is 1. The van der Waals surface area contributed by atoms with Gasteiger partial charge in [-0.05, 0) is 31.2 Å². The van der Waals surface area contributed by atoms with Crippen molar-refractivity contribution in [2.45, 2.75) is 6.92 Å². The average molecular weight is 390 g/mol. The first-order valence-corrected chi connectivity index (χ1v) is 8.98. The third-order valence-corrected chi connectivity index (χ3v) is 4.37. The monoisotopic (exact) mass is 390 g/mol. The Balaban J connectivity index is 1.68. The molecular weight excluding hydrogens is 372 g/mol. The molecule has 0 unspecified atom stereocenters. The molecule has 0 spiro atoms. The predicted octanol–water partition coefficient (Wildman–Crippen LogP) is 2.56. The fraction of sp³-hybridized carbons (Fsp3) is 0.150. The van der Waals surface area contributed by atoms with Crippen LogP contribution in [-0.2, 0) is 11.8 Å². The highest BCUT2D eigenvalue weighted by Gasteiger charge is 2.17. The molecule has 0 aliphatic rings. The SMILES string of the molecule is CCOC(=O)c1cnn2c(-c3cccc(NC(=O)c4ccnn4C)c3)ccnc12. The van der Waals surface area contributed by atoms with Crippen molar-refractivity contribution in [1.29, 1.82) is 0 Å². The number of hydrogen-bond acceptors (Lipinski definition) is 6. The summed E-state index contributed by atoms with van der Waals surface area (Å²) in [6.07, 6.45) is 4.62. The van der Waals surface area contributed by atoms with Gasteiger partial charge in [-0.2, -0.15) is 10.2 Å². The van der Waals surface area contributed by atoms with Gasteiger partial charge in [0.2, 0.25) is 0 Å². The number of hydrogen-bond donors (Lipinski definition) is 1. The Labute approximate surface area is 165 Å². The van der Waals surface area contributed by atoms with Gasteiger partial charge in [0.25, 0.3) is 5.91 Å². The van der Waals surface area contributed by atoms with Crippen LogP contribution in [-0.4, -0.2) is 42.9 Å². The van der Waals surface area contributed by atoms with E-state index >= 15 is 0 Å². The molecule has 0 aliphatic heterocycles. The van der Waals surface area contributed by atoms with Crippen molar-refractivity contribution in [3.05, 3.63) is 66.2 Å². The normalized spacial score (nSPS) is 10.8. The number of benzene rings is 1. The summed E-state index contributed by atoms with van der Waals surface area (Å²) in [5.74, 6) is -0.727. The maximum Gasteiger partial charge on any atom is 0.343 e. The molecule has 0 fully saturated rings. The van der Waals surface area contributed by atoms with E-state index in [1.54, 1.807) is 49.1 Å².